The smallest absolute Gasteiger partial charge is 0.150 e. The van der Waals surface area contributed by atoms with E-state index in [2.05, 4.69) is 0 Å². The Labute approximate surface area is 102 Å². The van der Waals surface area contributed by atoms with Gasteiger partial charge in [-0.3, -0.25) is 4.79 Å². The van der Waals surface area contributed by atoms with Crippen molar-refractivity contribution in [3.63, 3.8) is 0 Å². The fraction of sp³-hybridized carbons (Fsp3) is 0. The zero-order valence-electron chi connectivity index (χ0n) is 8.58. The van der Waals surface area contributed by atoms with Crippen LogP contribution in [-0.2, 0) is 0 Å². The van der Waals surface area contributed by atoms with Crippen molar-refractivity contribution in [3.05, 3.63) is 58.6 Å². The highest BCUT2D eigenvalue weighted by atomic mass is 35.5. The summed E-state index contributed by atoms with van der Waals surface area (Å²) in [5, 5.41) is 0.0678. The molecule has 0 saturated carbocycles. The highest BCUT2D eigenvalue weighted by Crippen LogP contribution is 2.34. The number of carbonyl (C=O) groups excluding carboxylic acids is 1. The van der Waals surface area contributed by atoms with Crippen molar-refractivity contribution in [2.75, 3.05) is 0 Å². The number of rotatable bonds is 2. The summed E-state index contributed by atoms with van der Waals surface area (Å²) in [5.74, 6) is -1.34. The lowest BCUT2D eigenvalue weighted by molar-refractivity contribution is 0.112. The minimum Gasteiger partial charge on any atom is -0.298 e. The van der Waals surface area contributed by atoms with E-state index in [4.69, 9.17) is 11.6 Å². The molecule has 0 amide bonds. The van der Waals surface area contributed by atoms with E-state index < -0.39 is 11.6 Å². The van der Waals surface area contributed by atoms with E-state index in [0.29, 0.717) is 6.29 Å². The molecule has 0 spiro atoms. The van der Waals surface area contributed by atoms with Gasteiger partial charge in [-0.15, -0.1) is 0 Å². The van der Waals surface area contributed by atoms with Crippen molar-refractivity contribution < 1.29 is 13.6 Å². The molecule has 0 unspecified atom stereocenters. The lowest BCUT2D eigenvalue weighted by Gasteiger charge is -2.09. The van der Waals surface area contributed by atoms with Crippen LogP contribution in [0.3, 0.4) is 0 Å². The Morgan fingerprint density at radius 2 is 1.53 bits per heavy atom. The molecule has 0 bridgehead atoms. The first-order chi connectivity index (χ1) is 8.15. The van der Waals surface area contributed by atoms with Crippen LogP contribution in [0.15, 0.2) is 36.4 Å². The topological polar surface area (TPSA) is 17.1 Å². The highest BCUT2D eigenvalue weighted by Gasteiger charge is 2.17. The van der Waals surface area contributed by atoms with E-state index in [0.717, 1.165) is 6.07 Å². The monoisotopic (exact) mass is 252 g/mol. The van der Waals surface area contributed by atoms with E-state index in [-0.39, 0.29) is 21.7 Å². The van der Waals surface area contributed by atoms with Crippen LogP contribution in [0.5, 0.6) is 0 Å². The number of halogens is 3. The highest BCUT2D eigenvalue weighted by molar-refractivity contribution is 6.33. The first-order valence-electron chi connectivity index (χ1n) is 4.83. The molecule has 0 aliphatic carbocycles. The van der Waals surface area contributed by atoms with Gasteiger partial charge in [0.15, 0.2) is 6.29 Å². The Morgan fingerprint density at radius 3 is 2.12 bits per heavy atom. The molecule has 86 valence electrons. The quantitative estimate of drug-likeness (QED) is 0.736. The molecule has 2 rings (SSSR count). The first kappa shape index (κ1) is 11.7. The first-order valence-corrected chi connectivity index (χ1v) is 5.21. The molecule has 0 aromatic heterocycles. The average Bonchev–Trinajstić information content (AvgIpc) is 2.30. The van der Waals surface area contributed by atoms with Crippen LogP contribution in [-0.4, -0.2) is 6.29 Å². The van der Waals surface area contributed by atoms with Crippen molar-refractivity contribution in [1.29, 1.82) is 0 Å². The molecule has 0 aliphatic heterocycles. The third-order valence-corrected chi connectivity index (χ3v) is 2.70. The maximum Gasteiger partial charge on any atom is 0.150 e. The van der Waals surface area contributed by atoms with Gasteiger partial charge in [0, 0.05) is 16.7 Å². The van der Waals surface area contributed by atoms with Gasteiger partial charge in [-0.2, -0.15) is 0 Å². The van der Waals surface area contributed by atoms with Crippen LogP contribution in [0.25, 0.3) is 11.1 Å². The Balaban J connectivity index is 2.81. The second-order valence-corrected chi connectivity index (χ2v) is 3.83. The minimum absolute atomic E-state index is 0.0667. The number of hydrogen-bond acceptors (Lipinski definition) is 1. The SMILES string of the molecule is O=Cc1cccc(F)c1-c1c(F)cccc1Cl. The molecular formula is C13H7ClF2O. The summed E-state index contributed by atoms with van der Waals surface area (Å²) in [4.78, 5) is 10.8. The van der Waals surface area contributed by atoms with Gasteiger partial charge >= 0.3 is 0 Å². The lowest BCUT2D eigenvalue weighted by atomic mass is 9.99. The van der Waals surface area contributed by atoms with Gasteiger partial charge in [-0.05, 0) is 18.2 Å². The number of carbonyl (C=O) groups is 1. The van der Waals surface area contributed by atoms with Crippen LogP contribution in [0.4, 0.5) is 8.78 Å². The van der Waals surface area contributed by atoms with Crippen LogP contribution < -0.4 is 0 Å². The summed E-state index contributed by atoms with van der Waals surface area (Å²) in [7, 11) is 0. The summed E-state index contributed by atoms with van der Waals surface area (Å²) >= 11 is 5.84. The largest absolute Gasteiger partial charge is 0.298 e. The van der Waals surface area contributed by atoms with Crippen molar-refractivity contribution >= 4 is 17.9 Å². The summed E-state index contributed by atoms with van der Waals surface area (Å²) < 4.78 is 27.4. The van der Waals surface area contributed by atoms with E-state index in [1.807, 2.05) is 0 Å². The van der Waals surface area contributed by atoms with Gasteiger partial charge < -0.3 is 0 Å². The third-order valence-electron chi connectivity index (χ3n) is 2.39. The van der Waals surface area contributed by atoms with E-state index in [1.54, 1.807) is 0 Å². The van der Waals surface area contributed by atoms with Crippen molar-refractivity contribution in [1.82, 2.24) is 0 Å². The Morgan fingerprint density at radius 1 is 0.941 bits per heavy atom. The van der Waals surface area contributed by atoms with Crippen molar-refractivity contribution in [3.8, 4) is 11.1 Å². The summed E-state index contributed by atoms with van der Waals surface area (Å²) in [5.41, 5.74) is -0.128. The maximum absolute atomic E-state index is 13.7. The normalized spacial score (nSPS) is 10.3. The molecule has 1 nitrogen and oxygen atoms in total. The maximum atomic E-state index is 13.7. The third kappa shape index (κ3) is 2.06. The molecule has 0 saturated heterocycles. The van der Waals surface area contributed by atoms with Gasteiger partial charge in [0.2, 0.25) is 0 Å². The minimum atomic E-state index is -0.679. The van der Waals surface area contributed by atoms with Gasteiger partial charge in [-0.25, -0.2) is 8.78 Å². The van der Waals surface area contributed by atoms with Crippen molar-refractivity contribution in [2.24, 2.45) is 0 Å². The van der Waals surface area contributed by atoms with Gasteiger partial charge in [0.25, 0.3) is 0 Å². The predicted molar refractivity (Wildman–Crippen MR) is 62.2 cm³/mol. The summed E-state index contributed by atoms with van der Waals surface area (Å²) in [6.07, 6.45) is 0.473. The lowest BCUT2D eigenvalue weighted by Crippen LogP contribution is -1.95. The Hall–Kier alpha value is -1.74. The average molecular weight is 253 g/mol. The predicted octanol–water partition coefficient (Wildman–Crippen LogP) is 4.10. The van der Waals surface area contributed by atoms with Gasteiger partial charge in [0.1, 0.15) is 11.6 Å². The van der Waals surface area contributed by atoms with E-state index in [1.165, 1.54) is 30.3 Å². The second-order valence-electron chi connectivity index (χ2n) is 3.42. The molecule has 2 aromatic rings. The molecule has 0 fully saturated rings. The van der Waals surface area contributed by atoms with Crippen LogP contribution in [0.2, 0.25) is 5.02 Å². The van der Waals surface area contributed by atoms with Gasteiger partial charge in [0.05, 0.1) is 5.02 Å². The number of hydrogen-bond donors (Lipinski definition) is 0. The molecule has 4 heteroatoms. The van der Waals surface area contributed by atoms with Crippen LogP contribution in [0, 0.1) is 11.6 Å². The Bertz CT molecular complexity index is 561. The molecule has 0 atom stereocenters. The second kappa shape index (κ2) is 4.63. The van der Waals surface area contributed by atoms with Crippen molar-refractivity contribution in [2.45, 2.75) is 0 Å². The fourth-order valence-electron chi connectivity index (χ4n) is 1.64. The number of benzene rings is 2. The van der Waals surface area contributed by atoms with E-state index in [9.17, 15) is 13.6 Å². The molecule has 0 N–H and O–H groups in total. The van der Waals surface area contributed by atoms with Crippen LogP contribution in [0.1, 0.15) is 10.4 Å². The molecule has 0 aliphatic rings. The molecule has 17 heavy (non-hydrogen) atoms. The van der Waals surface area contributed by atoms with Crippen LogP contribution >= 0.6 is 11.6 Å². The zero-order valence-corrected chi connectivity index (χ0v) is 9.34. The summed E-state index contributed by atoms with van der Waals surface area (Å²) in [6.45, 7) is 0. The Kier molecular flexibility index (Phi) is 3.20. The molecular weight excluding hydrogens is 246 g/mol. The van der Waals surface area contributed by atoms with E-state index >= 15 is 0 Å². The zero-order chi connectivity index (χ0) is 12.4. The standard InChI is InChI=1S/C13H7ClF2O/c14-9-4-2-6-11(16)13(9)12-8(7-17)3-1-5-10(12)15/h1-7H. The summed E-state index contributed by atoms with van der Waals surface area (Å²) in [6, 6.07) is 7.99. The number of aldehydes is 1. The molecule has 0 radical (unpaired) electrons. The van der Waals surface area contributed by atoms with Gasteiger partial charge in [-0.1, -0.05) is 29.8 Å². The fourth-order valence-corrected chi connectivity index (χ4v) is 1.90. The molecule has 0 heterocycles. The molecule has 2 aromatic carbocycles.